The average Bonchev–Trinajstić information content (AvgIpc) is 2.83. The molecule has 0 saturated carbocycles. The summed E-state index contributed by atoms with van der Waals surface area (Å²) in [6.07, 6.45) is 1.05. The van der Waals surface area contributed by atoms with E-state index in [9.17, 15) is 14.9 Å². The number of amides is 1. The first-order valence-electron chi connectivity index (χ1n) is 6.76. The van der Waals surface area contributed by atoms with E-state index in [4.69, 9.17) is 9.84 Å². The number of carboxylic acid groups (broad SMARTS) is 1. The van der Waals surface area contributed by atoms with Crippen LogP contribution in [0.15, 0.2) is 12.1 Å². The van der Waals surface area contributed by atoms with Crippen molar-refractivity contribution in [2.24, 2.45) is 5.92 Å². The number of aldehydes is 1. The lowest BCUT2D eigenvalue weighted by Crippen LogP contribution is -2.55. The second-order valence-electron chi connectivity index (χ2n) is 5.45. The Kier molecular flexibility index (Phi) is 3.26. The minimum Gasteiger partial charge on any atom is -0.487 e. The molecule has 1 fully saturated rings. The fourth-order valence-electron chi connectivity index (χ4n) is 2.87. The normalized spacial score (nSPS) is 20.3. The zero-order chi connectivity index (χ0) is 15.0. The summed E-state index contributed by atoms with van der Waals surface area (Å²) in [5.41, 5.74) is 2.46. The van der Waals surface area contributed by atoms with Crippen LogP contribution in [0.3, 0.4) is 0 Å². The Morgan fingerprint density at radius 3 is 2.81 bits per heavy atom. The number of nitriles is 1. The molecule has 3 rings (SSSR count). The lowest BCUT2D eigenvalue weighted by molar-refractivity contribution is -0.110. The fourth-order valence-corrected chi connectivity index (χ4v) is 2.87. The summed E-state index contributed by atoms with van der Waals surface area (Å²) in [4.78, 5) is 22.9. The highest BCUT2D eigenvalue weighted by Gasteiger charge is 2.33. The van der Waals surface area contributed by atoms with Crippen molar-refractivity contribution < 1.29 is 19.4 Å². The van der Waals surface area contributed by atoms with Crippen LogP contribution in [-0.2, 0) is 17.6 Å². The van der Waals surface area contributed by atoms with Gasteiger partial charge in [0.15, 0.2) is 0 Å². The maximum Gasteiger partial charge on any atom is 0.407 e. The number of hydrogen-bond acceptors (Lipinski definition) is 4. The van der Waals surface area contributed by atoms with Crippen molar-refractivity contribution in [1.29, 1.82) is 5.26 Å². The molecule has 1 aromatic carbocycles. The standard InChI is InChI=1S/C15H14N2O4/c16-5-11-4-12(21-13-6-17(7-13)15(19)20)3-10-1-9(8-18)2-14(10)11/h3-4,8-9,13H,1-2,6-7H2,(H,19,20). The predicted molar refractivity (Wildman–Crippen MR) is 72.1 cm³/mol. The largest absolute Gasteiger partial charge is 0.487 e. The summed E-state index contributed by atoms with van der Waals surface area (Å²) in [6, 6.07) is 5.69. The van der Waals surface area contributed by atoms with Gasteiger partial charge in [-0.2, -0.15) is 5.26 Å². The Labute approximate surface area is 121 Å². The van der Waals surface area contributed by atoms with Crippen LogP contribution in [0.4, 0.5) is 4.79 Å². The zero-order valence-electron chi connectivity index (χ0n) is 11.3. The van der Waals surface area contributed by atoms with Crippen LogP contribution in [0, 0.1) is 17.2 Å². The second-order valence-corrected chi connectivity index (χ2v) is 5.45. The van der Waals surface area contributed by atoms with Crippen molar-refractivity contribution in [3.05, 3.63) is 28.8 Å². The molecule has 0 spiro atoms. The molecule has 2 aliphatic rings. The molecular weight excluding hydrogens is 272 g/mol. The first-order valence-corrected chi connectivity index (χ1v) is 6.76. The number of carbonyl (C=O) groups excluding carboxylic acids is 1. The van der Waals surface area contributed by atoms with E-state index in [1.807, 2.05) is 6.07 Å². The smallest absolute Gasteiger partial charge is 0.407 e. The molecule has 1 N–H and O–H groups in total. The number of benzene rings is 1. The van der Waals surface area contributed by atoms with E-state index in [-0.39, 0.29) is 12.0 Å². The highest BCUT2D eigenvalue weighted by molar-refractivity contribution is 5.66. The van der Waals surface area contributed by atoms with Gasteiger partial charge in [0.25, 0.3) is 0 Å². The molecule has 1 unspecified atom stereocenters. The van der Waals surface area contributed by atoms with Gasteiger partial charge in [-0.1, -0.05) is 0 Å². The van der Waals surface area contributed by atoms with Gasteiger partial charge in [-0.3, -0.25) is 0 Å². The van der Waals surface area contributed by atoms with E-state index in [0.29, 0.717) is 37.2 Å². The van der Waals surface area contributed by atoms with E-state index in [2.05, 4.69) is 6.07 Å². The van der Waals surface area contributed by atoms with Crippen LogP contribution in [0.5, 0.6) is 5.75 Å². The van der Waals surface area contributed by atoms with Gasteiger partial charge in [-0.15, -0.1) is 0 Å². The van der Waals surface area contributed by atoms with Gasteiger partial charge < -0.3 is 19.5 Å². The number of likely N-dealkylation sites (tertiary alicyclic amines) is 1. The topological polar surface area (TPSA) is 90.6 Å². The Morgan fingerprint density at radius 2 is 2.19 bits per heavy atom. The molecular formula is C15H14N2O4. The van der Waals surface area contributed by atoms with Crippen LogP contribution in [0.2, 0.25) is 0 Å². The molecule has 0 bridgehead atoms. The molecule has 1 amide bonds. The molecule has 1 saturated heterocycles. The quantitative estimate of drug-likeness (QED) is 0.843. The SMILES string of the molecule is N#Cc1cc(OC2CN(C(=O)O)C2)cc2c1CC(C=O)C2. The lowest BCUT2D eigenvalue weighted by Gasteiger charge is -2.36. The van der Waals surface area contributed by atoms with Crippen molar-refractivity contribution >= 4 is 12.4 Å². The Balaban J connectivity index is 1.75. The lowest BCUT2D eigenvalue weighted by atomic mass is 10.0. The highest BCUT2D eigenvalue weighted by Crippen LogP contribution is 2.33. The summed E-state index contributed by atoms with van der Waals surface area (Å²) in [7, 11) is 0. The monoisotopic (exact) mass is 286 g/mol. The third kappa shape index (κ3) is 2.42. The predicted octanol–water partition coefficient (Wildman–Crippen LogP) is 1.21. The van der Waals surface area contributed by atoms with E-state index >= 15 is 0 Å². The molecule has 6 heteroatoms. The minimum atomic E-state index is -0.949. The van der Waals surface area contributed by atoms with Crippen molar-refractivity contribution in [2.45, 2.75) is 18.9 Å². The number of fused-ring (bicyclic) bond motifs is 1. The van der Waals surface area contributed by atoms with Crippen molar-refractivity contribution in [1.82, 2.24) is 4.90 Å². The Bertz CT molecular complexity index is 644. The van der Waals surface area contributed by atoms with E-state index in [1.165, 1.54) is 4.90 Å². The highest BCUT2D eigenvalue weighted by atomic mass is 16.5. The van der Waals surface area contributed by atoms with Gasteiger partial charge in [0.1, 0.15) is 18.1 Å². The molecule has 1 aliphatic heterocycles. The van der Waals surface area contributed by atoms with E-state index in [0.717, 1.165) is 17.4 Å². The van der Waals surface area contributed by atoms with Crippen LogP contribution < -0.4 is 4.74 Å². The summed E-state index contributed by atoms with van der Waals surface area (Å²) in [5.74, 6) is 0.514. The first kappa shape index (κ1) is 13.4. The fraction of sp³-hybridized carbons (Fsp3) is 0.400. The molecule has 1 heterocycles. The molecule has 0 radical (unpaired) electrons. The van der Waals surface area contributed by atoms with Crippen molar-refractivity contribution in [3.8, 4) is 11.8 Å². The van der Waals surface area contributed by atoms with E-state index < -0.39 is 6.09 Å². The van der Waals surface area contributed by atoms with Gasteiger partial charge in [0.2, 0.25) is 0 Å². The summed E-state index contributed by atoms with van der Waals surface area (Å²) >= 11 is 0. The number of ether oxygens (including phenoxy) is 1. The van der Waals surface area contributed by atoms with Crippen molar-refractivity contribution in [3.63, 3.8) is 0 Å². The average molecular weight is 286 g/mol. The number of hydrogen-bond donors (Lipinski definition) is 1. The summed E-state index contributed by atoms with van der Waals surface area (Å²) in [5, 5.41) is 18.0. The van der Waals surface area contributed by atoms with Crippen molar-refractivity contribution in [2.75, 3.05) is 13.1 Å². The third-order valence-corrected chi connectivity index (χ3v) is 4.00. The van der Waals surface area contributed by atoms with Crippen LogP contribution in [0.25, 0.3) is 0 Å². The Hall–Kier alpha value is -2.55. The number of carbonyl (C=O) groups is 2. The molecule has 1 aromatic rings. The Morgan fingerprint density at radius 1 is 1.43 bits per heavy atom. The third-order valence-electron chi connectivity index (χ3n) is 4.00. The molecule has 1 atom stereocenters. The molecule has 0 aromatic heterocycles. The van der Waals surface area contributed by atoms with Crippen LogP contribution >= 0.6 is 0 Å². The number of nitrogens with zero attached hydrogens (tertiary/aromatic N) is 2. The van der Waals surface area contributed by atoms with Gasteiger partial charge in [0, 0.05) is 5.92 Å². The number of rotatable bonds is 3. The summed E-state index contributed by atoms with van der Waals surface area (Å²) < 4.78 is 5.72. The molecule has 6 nitrogen and oxygen atoms in total. The van der Waals surface area contributed by atoms with Gasteiger partial charge in [0.05, 0.1) is 24.7 Å². The first-order chi connectivity index (χ1) is 10.1. The minimum absolute atomic E-state index is 0.0615. The molecule has 21 heavy (non-hydrogen) atoms. The maximum absolute atomic E-state index is 10.9. The molecule has 108 valence electrons. The zero-order valence-corrected chi connectivity index (χ0v) is 11.3. The van der Waals surface area contributed by atoms with Crippen LogP contribution in [-0.4, -0.2) is 41.6 Å². The second kappa shape index (κ2) is 5.09. The molecule has 1 aliphatic carbocycles. The van der Waals surface area contributed by atoms with Gasteiger partial charge in [-0.25, -0.2) is 4.79 Å². The van der Waals surface area contributed by atoms with Gasteiger partial charge >= 0.3 is 6.09 Å². The van der Waals surface area contributed by atoms with E-state index in [1.54, 1.807) is 6.07 Å². The summed E-state index contributed by atoms with van der Waals surface area (Å²) in [6.45, 7) is 0.677. The van der Waals surface area contributed by atoms with Crippen LogP contribution in [0.1, 0.15) is 16.7 Å². The maximum atomic E-state index is 10.9. The van der Waals surface area contributed by atoms with Gasteiger partial charge in [-0.05, 0) is 36.1 Å².